The van der Waals surface area contributed by atoms with Gasteiger partial charge in [-0.2, -0.15) is 8.42 Å². The maximum atomic E-state index is 12.4. The fraction of sp³-hybridized carbons (Fsp3) is 0.0500. The van der Waals surface area contributed by atoms with Gasteiger partial charge in [-0.3, -0.25) is 4.99 Å². The Hall–Kier alpha value is -2.34. The summed E-state index contributed by atoms with van der Waals surface area (Å²) in [4.78, 5) is 4.44. The Labute approximate surface area is 168 Å². The number of benzene rings is 3. The predicted molar refractivity (Wildman–Crippen MR) is 109 cm³/mol. The molecule has 0 aliphatic heterocycles. The largest absolute Gasteiger partial charge is 0.379 e. The van der Waals surface area contributed by atoms with Crippen LogP contribution in [-0.2, 0) is 10.1 Å². The summed E-state index contributed by atoms with van der Waals surface area (Å²) in [7, 11) is -3.95. The molecule has 0 spiro atoms. The van der Waals surface area contributed by atoms with E-state index < -0.39 is 10.1 Å². The second kappa shape index (κ2) is 8.13. The molecule has 0 unspecified atom stereocenters. The molecule has 0 heterocycles. The Bertz CT molecular complexity index is 1090. The Morgan fingerprint density at radius 1 is 0.963 bits per heavy atom. The minimum atomic E-state index is -3.95. The Balaban J connectivity index is 1.82. The first-order chi connectivity index (χ1) is 12.8. The number of nitrogens with zero attached hydrogens (tertiary/aromatic N) is 1. The normalized spacial score (nSPS) is 11.7. The molecule has 0 aliphatic rings. The SMILES string of the molecule is Cc1c(Cl)cccc1N=Cc1cccc(OS(=O)(=O)c2ccc(Cl)cc2)c1. The first-order valence-electron chi connectivity index (χ1n) is 7.94. The van der Waals surface area contributed by atoms with Gasteiger partial charge in [-0.15, -0.1) is 0 Å². The molecule has 0 saturated heterocycles. The third-order valence-electron chi connectivity index (χ3n) is 3.76. The zero-order chi connectivity index (χ0) is 19.4. The van der Waals surface area contributed by atoms with Gasteiger partial charge in [0.05, 0.1) is 5.69 Å². The van der Waals surface area contributed by atoms with Crippen molar-refractivity contribution in [3.8, 4) is 5.75 Å². The fourth-order valence-corrected chi connectivity index (χ4v) is 3.52. The molecule has 4 nitrogen and oxygen atoms in total. The first kappa shape index (κ1) is 19.4. The molecule has 0 fully saturated rings. The summed E-state index contributed by atoms with van der Waals surface area (Å²) in [5.74, 6) is 0.191. The van der Waals surface area contributed by atoms with Crippen molar-refractivity contribution in [3.63, 3.8) is 0 Å². The molecule has 0 N–H and O–H groups in total. The minimum absolute atomic E-state index is 0.0283. The number of hydrogen-bond acceptors (Lipinski definition) is 4. The lowest BCUT2D eigenvalue weighted by atomic mass is 10.2. The summed E-state index contributed by atoms with van der Waals surface area (Å²) >= 11 is 11.9. The molecular weight excluding hydrogens is 405 g/mol. The van der Waals surface area contributed by atoms with E-state index in [2.05, 4.69) is 4.99 Å². The second-order valence-electron chi connectivity index (χ2n) is 5.71. The number of aliphatic imine (C=N–C) groups is 1. The lowest BCUT2D eigenvalue weighted by molar-refractivity contribution is 0.486. The average molecular weight is 420 g/mol. The van der Waals surface area contributed by atoms with E-state index in [-0.39, 0.29) is 10.6 Å². The topological polar surface area (TPSA) is 55.7 Å². The van der Waals surface area contributed by atoms with Crippen LogP contribution in [0.3, 0.4) is 0 Å². The molecular formula is C20H15Cl2NO3S. The van der Waals surface area contributed by atoms with E-state index in [0.29, 0.717) is 15.6 Å². The zero-order valence-corrected chi connectivity index (χ0v) is 16.6. The fourth-order valence-electron chi connectivity index (χ4n) is 2.30. The minimum Gasteiger partial charge on any atom is -0.379 e. The van der Waals surface area contributed by atoms with Crippen molar-refractivity contribution < 1.29 is 12.6 Å². The van der Waals surface area contributed by atoms with Gasteiger partial charge in [0.25, 0.3) is 0 Å². The maximum absolute atomic E-state index is 12.4. The summed E-state index contributed by atoms with van der Waals surface area (Å²) in [6.45, 7) is 1.88. The lowest BCUT2D eigenvalue weighted by Gasteiger charge is -2.07. The van der Waals surface area contributed by atoms with Crippen LogP contribution in [0.5, 0.6) is 5.75 Å². The molecule has 0 radical (unpaired) electrons. The lowest BCUT2D eigenvalue weighted by Crippen LogP contribution is -2.09. The molecule has 0 amide bonds. The van der Waals surface area contributed by atoms with Crippen molar-refractivity contribution in [1.29, 1.82) is 0 Å². The van der Waals surface area contributed by atoms with Crippen LogP contribution in [0, 0.1) is 6.92 Å². The molecule has 27 heavy (non-hydrogen) atoms. The van der Waals surface area contributed by atoms with Crippen LogP contribution in [0.15, 0.2) is 76.6 Å². The summed E-state index contributed by atoms with van der Waals surface area (Å²) in [5, 5.41) is 1.08. The van der Waals surface area contributed by atoms with Crippen molar-refractivity contribution in [2.75, 3.05) is 0 Å². The van der Waals surface area contributed by atoms with Gasteiger partial charge in [0.1, 0.15) is 10.6 Å². The summed E-state index contributed by atoms with van der Waals surface area (Å²) < 4.78 is 30.0. The van der Waals surface area contributed by atoms with Gasteiger partial charge in [-0.1, -0.05) is 41.4 Å². The Morgan fingerprint density at radius 3 is 2.41 bits per heavy atom. The van der Waals surface area contributed by atoms with Gasteiger partial charge < -0.3 is 4.18 Å². The molecule has 0 aliphatic carbocycles. The van der Waals surface area contributed by atoms with Crippen molar-refractivity contribution in [2.45, 2.75) is 11.8 Å². The number of halogens is 2. The van der Waals surface area contributed by atoms with Gasteiger partial charge in [0, 0.05) is 16.3 Å². The van der Waals surface area contributed by atoms with Gasteiger partial charge in [0.2, 0.25) is 0 Å². The third kappa shape index (κ3) is 4.89. The number of hydrogen-bond donors (Lipinski definition) is 0. The van der Waals surface area contributed by atoms with Crippen molar-refractivity contribution in [1.82, 2.24) is 0 Å². The van der Waals surface area contributed by atoms with Crippen LogP contribution in [0.1, 0.15) is 11.1 Å². The van der Waals surface area contributed by atoms with Crippen LogP contribution in [0.25, 0.3) is 0 Å². The zero-order valence-electron chi connectivity index (χ0n) is 14.3. The average Bonchev–Trinajstić information content (AvgIpc) is 2.63. The molecule has 3 aromatic carbocycles. The van der Waals surface area contributed by atoms with Gasteiger partial charge in [-0.05, 0) is 66.6 Å². The quantitative estimate of drug-likeness (QED) is 0.386. The highest BCUT2D eigenvalue weighted by Gasteiger charge is 2.16. The summed E-state index contributed by atoms with van der Waals surface area (Å²) in [6, 6.07) is 17.9. The van der Waals surface area contributed by atoms with Gasteiger partial charge in [0.15, 0.2) is 0 Å². The van der Waals surface area contributed by atoms with E-state index >= 15 is 0 Å². The molecule has 0 aromatic heterocycles. The van der Waals surface area contributed by atoms with Crippen LogP contribution >= 0.6 is 23.2 Å². The molecule has 0 bridgehead atoms. The van der Waals surface area contributed by atoms with E-state index in [1.165, 1.54) is 24.3 Å². The Kier molecular flexibility index (Phi) is 5.85. The molecule has 7 heteroatoms. The van der Waals surface area contributed by atoms with Crippen molar-refractivity contribution in [3.05, 3.63) is 87.9 Å². The number of rotatable bonds is 5. The smallest absolute Gasteiger partial charge is 0.339 e. The van der Waals surface area contributed by atoms with Crippen LogP contribution in [0.2, 0.25) is 10.0 Å². The van der Waals surface area contributed by atoms with E-state index in [0.717, 1.165) is 11.3 Å². The van der Waals surface area contributed by atoms with E-state index in [9.17, 15) is 8.42 Å². The highest BCUT2D eigenvalue weighted by atomic mass is 35.5. The maximum Gasteiger partial charge on any atom is 0.339 e. The molecule has 0 atom stereocenters. The summed E-state index contributed by atoms with van der Waals surface area (Å²) in [5.41, 5.74) is 2.30. The van der Waals surface area contributed by atoms with Crippen LogP contribution in [-0.4, -0.2) is 14.6 Å². The van der Waals surface area contributed by atoms with E-state index in [1.807, 2.05) is 19.1 Å². The third-order valence-corrected chi connectivity index (χ3v) is 5.68. The second-order valence-corrected chi connectivity index (χ2v) is 8.10. The van der Waals surface area contributed by atoms with Crippen molar-refractivity contribution >= 4 is 45.2 Å². The van der Waals surface area contributed by atoms with E-state index in [4.69, 9.17) is 27.4 Å². The van der Waals surface area contributed by atoms with Gasteiger partial charge >= 0.3 is 10.1 Å². The van der Waals surface area contributed by atoms with Crippen LogP contribution < -0.4 is 4.18 Å². The van der Waals surface area contributed by atoms with E-state index in [1.54, 1.807) is 36.5 Å². The highest BCUT2D eigenvalue weighted by Crippen LogP contribution is 2.26. The molecule has 138 valence electrons. The molecule has 3 aromatic rings. The van der Waals surface area contributed by atoms with Gasteiger partial charge in [-0.25, -0.2) is 0 Å². The Morgan fingerprint density at radius 2 is 1.67 bits per heavy atom. The predicted octanol–water partition coefficient (Wildman–Crippen LogP) is 5.82. The molecule has 3 rings (SSSR count). The highest BCUT2D eigenvalue weighted by molar-refractivity contribution is 7.87. The monoisotopic (exact) mass is 419 g/mol. The molecule has 0 saturated carbocycles. The first-order valence-corrected chi connectivity index (χ1v) is 10.1. The van der Waals surface area contributed by atoms with Crippen molar-refractivity contribution in [2.24, 2.45) is 4.99 Å². The van der Waals surface area contributed by atoms with Crippen LogP contribution in [0.4, 0.5) is 5.69 Å². The summed E-state index contributed by atoms with van der Waals surface area (Å²) in [6.07, 6.45) is 1.63. The standard InChI is InChI=1S/C20H15Cl2NO3S/c1-14-19(22)6-3-7-20(14)23-13-15-4-2-5-17(12-15)26-27(24,25)18-10-8-16(21)9-11-18/h2-13H,1H3.